The molecule has 0 atom stereocenters. The monoisotopic (exact) mass is 571 g/mol. The number of hydrogen-bond donors (Lipinski definition) is 1. The van der Waals surface area contributed by atoms with E-state index in [0.717, 1.165) is 26.7 Å². The van der Waals surface area contributed by atoms with Gasteiger partial charge in [0, 0.05) is 26.6 Å². The van der Waals surface area contributed by atoms with Gasteiger partial charge < -0.3 is 9.47 Å². The summed E-state index contributed by atoms with van der Waals surface area (Å²) in [6.45, 7) is 2.63. The van der Waals surface area contributed by atoms with Crippen LogP contribution in [0.2, 0.25) is 10.0 Å². The maximum atomic E-state index is 12.2. The number of ether oxygens (including phenoxy) is 2. The number of carbonyl (C=O) groups excluding carboxylic acids is 1. The van der Waals surface area contributed by atoms with Gasteiger partial charge in [-0.15, -0.1) is 11.3 Å². The molecule has 0 bridgehead atoms. The molecule has 0 spiro atoms. The summed E-state index contributed by atoms with van der Waals surface area (Å²) < 4.78 is 12.5. The van der Waals surface area contributed by atoms with Crippen LogP contribution in [0.15, 0.2) is 81.6 Å². The lowest BCUT2D eigenvalue weighted by Gasteiger charge is -2.13. The highest BCUT2D eigenvalue weighted by molar-refractivity contribution is 8.01. The molecule has 37 heavy (non-hydrogen) atoms. The zero-order valence-corrected chi connectivity index (χ0v) is 23.0. The van der Waals surface area contributed by atoms with Crippen LogP contribution in [-0.4, -0.2) is 29.5 Å². The van der Waals surface area contributed by atoms with Gasteiger partial charge in [0.1, 0.15) is 6.61 Å². The van der Waals surface area contributed by atoms with Gasteiger partial charge in [-0.25, -0.2) is 10.4 Å². The molecule has 10 heteroatoms. The van der Waals surface area contributed by atoms with Gasteiger partial charge in [0.05, 0.1) is 24.3 Å². The predicted octanol–water partition coefficient (Wildman–Crippen LogP) is 7.34. The molecule has 3 aromatic carbocycles. The van der Waals surface area contributed by atoms with Crippen molar-refractivity contribution in [1.82, 2.24) is 10.4 Å². The molecular formula is C27H23Cl2N3O3S2. The molecule has 0 unspecified atom stereocenters. The summed E-state index contributed by atoms with van der Waals surface area (Å²) in [6.07, 6.45) is 1.56. The third-order valence-corrected chi connectivity index (χ3v) is 7.56. The van der Waals surface area contributed by atoms with Crippen LogP contribution in [0, 0.1) is 0 Å². The highest BCUT2D eigenvalue weighted by atomic mass is 35.5. The second-order valence-electron chi connectivity index (χ2n) is 7.61. The first-order chi connectivity index (χ1) is 18.0. The Morgan fingerprint density at radius 1 is 1.08 bits per heavy atom. The Morgan fingerprint density at radius 3 is 2.70 bits per heavy atom. The SMILES string of the molecule is CCOc1cc(/C=N/NC(=O)CSc2nc(-c3ccccc3)cs2)ccc1OCc1ccc(Cl)cc1Cl. The molecule has 190 valence electrons. The smallest absolute Gasteiger partial charge is 0.250 e. The summed E-state index contributed by atoms with van der Waals surface area (Å²) in [5, 5.41) is 7.16. The summed E-state index contributed by atoms with van der Waals surface area (Å²) in [4.78, 5) is 16.8. The van der Waals surface area contributed by atoms with Crippen molar-refractivity contribution in [3.05, 3.63) is 93.3 Å². The van der Waals surface area contributed by atoms with Gasteiger partial charge in [-0.1, -0.05) is 71.4 Å². The van der Waals surface area contributed by atoms with E-state index in [-0.39, 0.29) is 18.3 Å². The summed E-state index contributed by atoms with van der Waals surface area (Å²) in [5.41, 5.74) is 6.07. The molecule has 0 aliphatic carbocycles. The van der Waals surface area contributed by atoms with Crippen molar-refractivity contribution < 1.29 is 14.3 Å². The summed E-state index contributed by atoms with van der Waals surface area (Å²) in [6, 6.07) is 20.6. The number of carbonyl (C=O) groups is 1. The Morgan fingerprint density at radius 2 is 1.92 bits per heavy atom. The molecule has 0 saturated carbocycles. The quantitative estimate of drug-likeness (QED) is 0.116. The summed E-state index contributed by atoms with van der Waals surface area (Å²) in [7, 11) is 0. The van der Waals surface area contributed by atoms with Crippen molar-refractivity contribution >= 4 is 58.4 Å². The van der Waals surface area contributed by atoms with Gasteiger partial charge in [0.15, 0.2) is 15.8 Å². The van der Waals surface area contributed by atoms with Crippen molar-refractivity contribution in [2.75, 3.05) is 12.4 Å². The van der Waals surface area contributed by atoms with Crippen molar-refractivity contribution in [3.63, 3.8) is 0 Å². The third kappa shape index (κ3) is 7.97. The van der Waals surface area contributed by atoms with Crippen LogP contribution >= 0.6 is 46.3 Å². The topological polar surface area (TPSA) is 72.8 Å². The fraction of sp³-hybridized carbons (Fsp3) is 0.148. The molecule has 4 aromatic rings. The fourth-order valence-corrected chi connectivity index (χ4v) is 5.28. The van der Waals surface area contributed by atoms with Crippen molar-refractivity contribution in [3.8, 4) is 22.8 Å². The number of hydrazone groups is 1. The first kappa shape index (κ1) is 27.0. The van der Waals surface area contributed by atoms with E-state index >= 15 is 0 Å². The lowest BCUT2D eigenvalue weighted by atomic mass is 10.2. The average Bonchev–Trinajstić information content (AvgIpc) is 3.38. The van der Waals surface area contributed by atoms with E-state index < -0.39 is 0 Å². The first-order valence-electron chi connectivity index (χ1n) is 11.3. The number of amides is 1. The largest absolute Gasteiger partial charge is 0.490 e. The number of halogens is 2. The van der Waals surface area contributed by atoms with Crippen LogP contribution in [0.1, 0.15) is 18.1 Å². The van der Waals surface area contributed by atoms with Gasteiger partial charge in [-0.05, 0) is 42.8 Å². The Labute approximate surface area is 233 Å². The van der Waals surface area contributed by atoms with Crippen LogP contribution in [0.4, 0.5) is 0 Å². The molecule has 0 radical (unpaired) electrons. The fourth-order valence-electron chi connectivity index (χ4n) is 3.19. The highest BCUT2D eigenvalue weighted by Crippen LogP contribution is 2.30. The van der Waals surface area contributed by atoms with Gasteiger partial charge in [0.2, 0.25) is 0 Å². The average molecular weight is 573 g/mol. The van der Waals surface area contributed by atoms with Crippen LogP contribution in [-0.2, 0) is 11.4 Å². The first-order valence-corrected chi connectivity index (χ1v) is 13.9. The lowest BCUT2D eigenvalue weighted by Crippen LogP contribution is -2.19. The molecular weight excluding hydrogens is 549 g/mol. The lowest BCUT2D eigenvalue weighted by molar-refractivity contribution is -0.118. The Balaban J connectivity index is 1.30. The van der Waals surface area contributed by atoms with E-state index in [9.17, 15) is 4.79 Å². The van der Waals surface area contributed by atoms with E-state index in [1.807, 2.05) is 54.8 Å². The minimum atomic E-state index is -0.220. The molecule has 0 aliphatic heterocycles. The third-order valence-electron chi connectivity index (χ3n) is 4.95. The number of nitrogens with zero attached hydrogens (tertiary/aromatic N) is 2. The number of thiazole rings is 1. The standard InChI is InChI=1S/C27H23Cl2N3O3S2/c1-2-34-25-12-18(8-11-24(25)35-15-20-9-10-21(28)13-22(20)29)14-30-32-26(33)17-37-27-31-23(16-36-27)19-6-4-3-5-7-19/h3-14,16H,2,15,17H2,1H3,(H,32,33)/b30-14+. The number of aromatic nitrogens is 1. The molecule has 6 nitrogen and oxygen atoms in total. The molecule has 4 rings (SSSR count). The molecule has 1 aromatic heterocycles. The molecule has 1 amide bonds. The van der Waals surface area contributed by atoms with E-state index in [4.69, 9.17) is 32.7 Å². The minimum absolute atomic E-state index is 0.212. The molecule has 0 fully saturated rings. The van der Waals surface area contributed by atoms with E-state index in [1.165, 1.54) is 23.1 Å². The van der Waals surface area contributed by atoms with Crippen LogP contribution in [0.3, 0.4) is 0 Å². The van der Waals surface area contributed by atoms with Gasteiger partial charge in [-0.3, -0.25) is 4.79 Å². The van der Waals surface area contributed by atoms with Crippen molar-refractivity contribution in [2.24, 2.45) is 5.10 Å². The van der Waals surface area contributed by atoms with Gasteiger partial charge in [-0.2, -0.15) is 5.10 Å². The normalized spacial score (nSPS) is 11.0. The van der Waals surface area contributed by atoms with Crippen LogP contribution in [0.25, 0.3) is 11.3 Å². The van der Waals surface area contributed by atoms with Crippen LogP contribution < -0.4 is 14.9 Å². The highest BCUT2D eigenvalue weighted by Gasteiger charge is 2.10. The van der Waals surface area contributed by atoms with E-state index in [2.05, 4.69) is 15.5 Å². The second-order valence-corrected chi connectivity index (χ2v) is 10.5. The molecule has 1 heterocycles. The maximum absolute atomic E-state index is 12.2. The van der Waals surface area contributed by atoms with Gasteiger partial charge >= 0.3 is 0 Å². The number of nitrogens with one attached hydrogen (secondary N) is 1. The maximum Gasteiger partial charge on any atom is 0.250 e. The molecule has 1 N–H and O–H groups in total. The molecule has 0 saturated heterocycles. The van der Waals surface area contributed by atoms with E-state index in [0.29, 0.717) is 28.2 Å². The Bertz CT molecular complexity index is 1380. The predicted molar refractivity (Wildman–Crippen MR) is 152 cm³/mol. The van der Waals surface area contributed by atoms with Crippen LogP contribution in [0.5, 0.6) is 11.5 Å². The van der Waals surface area contributed by atoms with E-state index in [1.54, 1.807) is 30.5 Å². The summed E-state index contributed by atoms with van der Waals surface area (Å²) >= 11 is 15.1. The Hall–Kier alpha value is -3.04. The number of thioether (sulfide) groups is 1. The zero-order chi connectivity index (χ0) is 26.0. The minimum Gasteiger partial charge on any atom is -0.490 e. The number of benzene rings is 3. The second kappa shape index (κ2) is 13.5. The number of rotatable bonds is 11. The van der Waals surface area contributed by atoms with Crippen molar-refractivity contribution in [2.45, 2.75) is 17.9 Å². The number of hydrogen-bond acceptors (Lipinski definition) is 7. The summed E-state index contributed by atoms with van der Waals surface area (Å²) in [5.74, 6) is 1.13. The molecule has 0 aliphatic rings. The van der Waals surface area contributed by atoms with Crippen molar-refractivity contribution in [1.29, 1.82) is 0 Å². The van der Waals surface area contributed by atoms with Gasteiger partial charge in [0.25, 0.3) is 5.91 Å². The Kier molecular flexibility index (Phi) is 9.85. The zero-order valence-electron chi connectivity index (χ0n) is 19.8.